The lowest BCUT2D eigenvalue weighted by Crippen LogP contribution is -1.90. The molecular weight excluding hydrogens is 295 g/mol. The Kier molecular flexibility index (Phi) is 2.51. The summed E-state index contributed by atoms with van der Waals surface area (Å²) in [6.45, 7) is 0. The molecule has 0 spiro atoms. The number of alkyl halides is 1. The average Bonchev–Trinajstić information content (AvgIpc) is 2.13. The number of aromatic nitrogens is 2. The van der Waals surface area contributed by atoms with Crippen LogP contribution in [-0.4, -0.2) is 9.78 Å². The molecule has 50 valence electrons. The van der Waals surface area contributed by atoms with E-state index in [0.29, 0.717) is 0 Å². The lowest BCUT2D eigenvalue weighted by atomic mass is 10.5. The quantitative estimate of drug-likeness (QED) is 0.574. The zero-order chi connectivity index (χ0) is 6.85. The first-order valence-corrected chi connectivity index (χ1v) is 4.80. The third-order valence-corrected chi connectivity index (χ3v) is 2.53. The second kappa shape index (κ2) is 3.01. The van der Waals surface area contributed by atoms with Gasteiger partial charge in [0.15, 0.2) is 0 Å². The minimum absolute atomic E-state index is 0.969. The highest BCUT2D eigenvalue weighted by Gasteiger charge is 1.97. The highest BCUT2D eigenvalue weighted by Crippen LogP contribution is 2.11. The number of hydrogen-bond donors (Lipinski definition) is 0. The number of hydrogen-bond acceptors (Lipinski definition) is 1. The van der Waals surface area contributed by atoms with Crippen LogP contribution in [0.5, 0.6) is 0 Å². The first-order valence-electron chi connectivity index (χ1n) is 2.48. The highest BCUT2D eigenvalue weighted by molar-refractivity contribution is 14.1. The van der Waals surface area contributed by atoms with Gasteiger partial charge in [0.25, 0.3) is 0 Å². The maximum absolute atomic E-state index is 4.19. The first-order chi connectivity index (χ1) is 4.24. The van der Waals surface area contributed by atoms with Gasteiger partial charge in [-0.3, -0.25) is 4.68 Å². The molecule has 0 atom stereocenters. The van der Waals surface area contributed by atoms with Crippen molar-refractivity contribution in [2.45, 2.75) is 4.43 Å². The van der Waals surface area contributed by atoms with Gasteiger partial charge in [-0.25, -0.2) is 0 Å². The van der Waals surface area contributed by atoms with Crippen molar-refractivity contribution in [1.82, 2.24) is 9.78 Å². The van der Waals surface area contributed by atoms with E-state index in [1.807, 2.05) is 17.8 Å². The molecule has 9 heavy (non-hydrogen) atoms. The summed E-state index contributed by atoms with van der Waals surface area (Å²) in [6.07, 6.45) is 0. The van der Waals surface area contributed by atoms with E-state index in [-0.39, 0.29) is 0 Å². The molecule has 0 radical (unpaired) electrons. The molecule has 1 rings (SSSR count). The summed E-state index contributed by atoms with van der Waals surface area (Å²) in [4.78, 5) is 0. The Morgan fingerprint density at radius 1 is 1.89 bits per heavy atom. The van der Waals surface area contributed by atoms with Crippen molar-refractivity contribution >= 4 is 38.5 Å². The van der Waals surface area contributed by atoms with Gasteiger partial charge in [-0.05, 0) is 22.0 Å². The third kappa shape index (κ3) is 1.67. The average molecular weight is 301 g/mol. The number of nitrogens with zero attached hydrogens (tertiary/aromatic N) is 2. The largest absolute Gasteiger partial charge is 0.261 e. The predicted molar refractivity (Wildman–Crippen MR) is 48.6 cm³/mol. The molecule has 0 aliphatic rings. The molecule has 0 saturated heterocycles. The summed E-state index contributed by atoms with van der Waals surface area (Å²) in [6, 6.07) is 2.02. The van der Waals surface area contributed by atoms with E-state index in [2.05, 4.69) is 43.6 Å². The highest BCUT2D eigenvalue weighted by atomic mass is 127. The monoisotopic (exact) mass is 300 g/mol. The predicted octanol–water partition coefficient (Wildman–Crippen LogP) is 2.12. The minimum atomic E-state index is 0.969. The van der Waals surface area contributed by atoms with Crippen molar-refractivity contribution in [3.63, 3.8) is 0 Å². The van der Waals surface area contributed by atoms with E-state index >= 15 is 0 Å². The van der Waals surface area contributed by atoms with Crippen LogP contribution in [-0.2, 0) is 11.5 Å². The van der Waals surface area contributed by atoms with Gasteiger partial charge >= 0.3 is 0 Å². The second-order valence-corrected chi connectivity index (χ2v) is 3.29. The molecule has 0 amide bonds. The molecular formula is C5H6BrIN2. The van der Waals surface area contributed by atoms with Crippen molar-refractivity contribution in [2.75, 3.05) is 0 Å². The minimum Gasteiger partial charge on any atom is -0.261 e. The summed E-state index contributed by atoms with van der Waals surface area (Å²) < 4.78 is 3.82. The van der Waals surface area contributed by atoms with Gasteiger partial charge < -0.3 is 0 Å². The van der Waals surface area contributed by atoms with Gasteiger partial charge in [-0.2, -0.15) is 5.10 Å². The van der Waals surface area contributed by atoms with Crippen molar-refractivity contribution in [1.29, 1.82) is 0 Å². The maximum atomic E-state index is 4.19. The molecule has 1 aromatic heterocycles. The Bertz CT molecular complexity index is 189. The summed E-state index contributed by atoms with van der Waals surface area (Å²) in [7, 11) is 1.92. The van der Waals surface area contributed by atoms with E-state index in [1.165, 1.54) is 0 Å². The molecule has 0 aromatic carbocycles. The van der Waals surface area contributed by atoms with Crippen molar-refractivity contribution in [2.24, 2.45) is 7.05 Å². The molecule has 0 aliphatic heterocycles. The van der Waals surface area contributed by atoms with Crippen LogP contribution in [0.25, 0.3) is 0 Å². The van der Waals surface area contributed by atoms with Gasteiger partial charge in [0.05, 0.1) is 5.69 Å². The Labute approximate surface area is 75.9 Å². The van der Waals surface area contributed by atoms with Crippen LogP contribution in [0.3, 0.4) is 0 Å². The number of aryl methyl sites for hydroxylation is 1. The Hall–Kier alpha value is 0.420. The maximum Gasteiger partial charge on any atom is 0.104 e. The van der Waals surface area contributed by atoms with Gasteiger partial charge in [-0.15, -0.1) is 0 Å². The van der Waals surface area contributed by atoms with Crippen LogP contribution in [0.1, 0.15) is 5.69 Å². The SMILES string of the molecule is Cn1nc(CI)cc1Br. The van der Waals surface area contributed by atoms with Crippen LogP contribution in [0.15, 0.2) is 10.7 Å². The van der Waals surface area contributed by atoms with Crippen molar-refractivity contribution in [3.8, 4) is 0 Å². The zero-order valence-corrected chi connectivity index (χ0v) is 8.68. The second-order valence-electron chi connectivity index (χ2n) is 1.72. The van der Waals surface area contributed by atoms with E-state index < -0.39 is 0 Å². The van der Waals surface area contributed by atoms with Gasteiger partial charge in [-0.1, -0.05) is 22.6 Å². The van der Waals surface area contributed by atoms with Crippen LogP contribution in [0, 0.1) is 0 Å². The lowest BCUT2D eigenvalue weighted by molar-refractivity contribution is 0.739. The molecule has 0 unspecified atom stereocenters. The molecule has 0 aliphatic carbocycles. The smallest absolute Gasteiger partial charge is 0.104 e. The fraction of sp³-hybridized carbons (Fsp3) is 0.400. The molecule has 0 bridgehead atoms. The molecule has 1 heterocycles. The van der Waals surface area contributed by atoms with E-state index in [0.717, 1.165) is 14.7 Å². The van der Waals surface area contributed by atoms with E-state index in [4.69, 9.17) is 0 Å². The van der Waals surface area contributed by atoms with E-state index in [9.17, 15) is 0 Å². The van der Waals surface area contributed by atoms with Gasteiger partial charge in [0.1, 0.15) is 4.60 Å². The summed E-state index contributed by atoms with van der Waals surface area (Å²) in [5.74, 6) is 0. The van der Waals surface area contributed by atoms with Gasteiger partial charge in [0.2, 0.25) is 0 Å². The topological polar surface area (TPSA) is 17.8 Å². The van der Waals surface area contributed by atoms with Crippen LogP contribution in [0.4, 0.5) is 0 Å². The van der Waals surface area contributed by atoms with Gasteiger partial charge in [0, 0.05) is 11.5 Å². The van der Waals surface area contributed by atoms with Crippen LogP contribution in [0.2, 0.25) is 0 Å². The Morgan fingerprint density at radius 3 is 2.78 bits per heavy atom. The number of halogens is 2. The van der Waals surface area contributed by atoms with E-state index in [1.54, 1.807) is 0 Å². The zero-order valence-electron chi connectivity index (χ0n) is 4.93. The third-order valence-electron chi connectivity index (χ3n) is 1.01. The molecule has 0 fully saturated rings. The van der Waals surface area contributed by atoms with Crippen molar-refractivity contribution < 1.29 is 0 Å². The lowest BCUT2D eigenvalue weighted by Gasteiger charge is -1.86. The first kappa shape index (κ1) is 7.53. The molecule has 4 heteroatoms. The Morgan fingerprint density at radius 2 is 2.56 bits per heavy atom. The molecule has 1 aromatic rings. The van der Waals surface area contributed by atoms with Crippen LogP contribution < -0.4 is 0 Å². The fourth-order valence-corrected chi connectivity index (χ4v) is 1.28. The Balaban J connectivity index is 2.98. The van der Waals surface area contributed by atoms with Crippen molar-refractivity contribution in [3.05, 3.63) is 16.4 Å². The summed E-state index contributed by atoms with van der Waals surface area (Å²) in [5, 5.41) is 4.19. The molecule has 2 nitrogen and oxygen atoms in total. The molecule has 0 N–H and O–H groups in total. The summed E-state index contributed by atoms with van der Waals surface area (Å²) in [5.41, 5.74) is 1.12. The summed E-state index contributed by atoms with van der Waals surface area (Å²) >= 11 is 5.64. The van der Waals surface area contributed by atoms with Crippen LogP contribution >= 0.6 is 38.5 Å². The standard InChI is InChI=1S/C5H6BrIN2/c1-9-5(6)2-4(3-7)8-9/h2H,3H2,1H3. The fourth-order valence-electron chi connectivity index (χ4n) is 0.566. The normalized spacial score (nSPS) is 10.1. The number of rotatable bonds is 1. The molecule has 0 saturated carbocycles.